The second-order valence-electron chi connectivity index (χ2n) is 7.63. The Morgan fingerprint density at radius 3 is 1.19 bits per heavy atom. The molecular formula is C21H20Br8O2. The lowest BCUT2D eigenvalue weighted by molar-refractivity contribution is 0.289. The van der Waals surface area contributed by atoms with E-state index in [4.69, 9.17) is 9.47 Å². The van der Waals surface area contributed by atoms with E-state index in [9.17, 15) is 0 Å². The SMILES string of the molecule is CC(Br)(CBr)COc1c(Br)cc(Cc2cc(Br)c(OCC(C)(Br)CBr)c(Br)c2)cc1Br. The number of ether oxygens (including phenoxy) is 2. The topological polar surface area (TPSA) is 18.5 Å². The summed E-state index contributed by atoms with van der Waals surface area (Å²) in [4.78, 5) is 0. The van der Waals surface area contributed by atoms with Crippen LogP contribution in [-0.4, -0.2) is 32.5 Å². The zero-order valence-corrected chi connectivity index (χ0v) is 29.4. The third kappa shape index (κ3) is 9.12. The lowest BCUT2D eigenvalue weighted by Crippen LogP contribution is -2.27. The van der Waals surface area contributed by atoms with Gasteiger partial charge in [-0.15, -0.1) is 0 Å². The second-order valence-corrected chi connectivity index (χ2v) is 16.0. The lowest BCUT2D eigenvalue weighted by Gasteiger charge is -2.22. The zero-order chi connectivity index (χ0) is 23.4. The molecule has 2 nitrogen and oxygen atoms in total. The van der Waals surface area contributed by atoms with Crippen LogP contribution in [0.25, 0.3) is 0 Å². The molecule has 2 aromatic rings. The van der Waals surface area contributed by atoms with Crippen LogP contribution in [0.15, 0.2) is 42.2 Å². The van der Waals surface area contributed by atoms with E-state index in [1.165, 1.54) is 0 Å². The van der Waals surface area contributed by atoms with Gasteiger partial charge in [0, 0.05) is 10.7 Å². The summed E-state index contributed by atoms with van der Waals surface area (Å²) < 4.78 is 15.5. The van der Waals surface area contributed by atoms with Crippen LogP contribution in [0.3, 0.4) is 0 Å². The summed E-state index contributed by atoms with van der Waals surface area (Å²) in [7, 11) is 0. The molecule has 0 N–H and O–H groups in total. The standard InChI is InChI=1S/C21H20Br8O2/c1-20(28,8-22)10-30-18-14(24)4-12(5-15(18)25)3-13-6-16(26)19(17(27)7-13)31-11-21(2,29)9-23/h4-7H,3,8-11H2,1-2H3. The first kappa shape index (κ1) is 29.1. The van der Waals surface area contributed by atoms with E-state index < -0.39 is 0 Å². The molecule has 0 aliphatic rings. The van der Waals surface area contributed by atoms with Crippen LogP contribution in [0.2, 0.25) is 0 Å². The zero-order valence-electron chi connectivity index (χ0n) is 16.7. The van der Waals surface area contributed by atoms with Crippen LogP contribution in [0.4, 0.5) is 0 Å². The van der Waals surface area contributed by atoms with Gasteiger partial charge in [0.05, 0.1) is 26.5 Å². The van der Waals surface area contributed by atoms with Crippen molar-refractivity contribution in [1.82, 2.24) is 0 Å². The second kappa shape index (κ2) is 12.7. The number of rotatable bonds is 10. The molecule has 0 aliphatic heterocycles. The van der Waals surface area contributed by atoms with Gasteiger partial charge >= 0.3 is 0 Å². The highest BCUT2D eigenvalue weighted by Gasteiger charge is 2.22. The predicted octanol–water partition coefficient (Wildman–Crippen LogP) is 10.2. The minimum Gasteiger partial charge on any atom is -0.490 e. The van der Waals surface area contributed by atoms with Gasteiger partial charge in [-0.1, -0.05) is 63.7 Å². The number of alkyl halides is 4. The average molecular weight is 944 g/mol. The van der Waals surface area contributed by atoms with Crippen molar-refractivity contribution in [2.45, 2.75) is 28.9 Å². The Morgan fingerprint density at radius 1 is 0.645 bits per heavy atom. The summed E-state index contributed by atoms with van der Waals surface area (Å²) in [6.45, 7) is 5.25. The van der Waals surface area contributed by atoms with Gasteiger partial charge in [0.15, 0.2) is 0 Å². The third-order valence-corrected chi connectivity index (χ3v) is 11.5. The van der Waals surface area contributed by atoms with Gasteiger partial charge in [0.25, 0.3) is 0 Å². The van der Waals surface area contributed by atoms with E-state index in [2.05, 4.69) is 166 Å². The van der Waals surface area contributed by atoms with E-state index in [1.807, 2.05) is 0 Å². The van der Waals surface area contributed by atoms with Gasteiger partial charge in [0.2, 0.25) is 0 Å². The van der Waals surface area contributed by atoms with Crippen molar-refractivity contribution in [1.29, 1.82) is 0 Å². The Labute approximate surface area is 251 Å². The van der Waals surface area contributed by atoms with Crippen molar-refractivity contribution in [2.24, 2.45) is 0 Å². The molecule has 0 amide bonds. The quantitative estimate of drug-likeness (QED) is 0.221. The first-order chi connectivity index (χ1) is 14.4. The third-order valence-electron chi connectivity index (χ3n) is 4.12. The molecule has 2 rings (SSSR count). The monoisotopic (exact) mass is 935 g/mol. The fourth-order valence-electron chi connectivity index (χ4n) is 2.46. The predicted molar refractivity (Wildman–Crippen MR) is 160 cm³/mol. The summed E-state index contributed by atoms with van der Waals surface area (Å²) in [6.07, 6.45) is 0.768. The van der Waals surface area contributed by atoms with E-state index in [0.29, 0.717) is 13.2 Å². The van der Waals surface area contributed by atoms with Crippen molar-refractivity contribution < 1.29 is 9.47 Å². The molecular weight excluding hydrogens is 923 g/mol. The summed E-state index contributed by atoms with van der Waals surface area (Å²) in [6, 6.07) is 8.38. The Bertz CT molecular complexity index is 795. The largest absolute Gasteiger partial charge is 0.490 e. The fourth-order valence-corrected chi connectivity index (χ4v) is 6.04. The van der Waals surface area contributed by atoms with E-state index in [-0.39, 0.29) is 8.65 Å². The molecule has 172 valence electrons. The maximum atomic E-state index is 6.04. The highest BCUT2D eigenvalue weighted by molar-refractivity contribution is 9.13. The summed E-state index contributed by atoms with van der Waals surface area (Å²) in [5.74, 6) is 1.59. The van der Waals surface area contributed by atoms with E-state index in [1.54, 1.807) is 0 Å². The molecule has 2 unspecified atom stereocenters. The van der Waals surface area contributed by atoms with Crippen LogP contribution < -0.4 is 9.47 Å². The molecule has 31 heavy (non-hydrogen) atoms. The first-order valence-electron chi connectivity index (χ1n) is 9.08. The number of benzene rings is 2. The van der Waals surface area contributed by atoms with E-state index >= 15 is 0 Å². The summed E-state index contributed by atoms with van der Waals surface area (Å²) >= 11 is 29.0. The molecule has 0 aliphatic carbocycles. The molecule has 0 bridgehead atoms. The average Bonchev–Trinajstić information content (AvgIpc) is 2.66. The molecule has 2 aromatic carbocycles. The molecule has 0 saturated carbocycles. The van der Waals surface area contributed by atoms with Crippen molar-refractivity contribution in [3.05, 3.63) is 53.3 Å². The number of hydrogen-bond donors (Lipinski definition) is 0. The maximum absolute atomic E-state index is 6.04. The lowest BCUT2D eigenvalue weighted by atomic mass is 10.0. The van der Waals surface area contributed by atoms with Crippen molar-refractivity contribution in [3.8, 4) is 11.5 Å². The van der Waals surface area contributed by atoms with Crippen molar-refractivity contribution in [3.63, 3.8) is 0 Å². The molecule has 0 saturated heterocycles. The van der Waals surface area contributed by atoms with Crippen molar-refractivity contribution >= 4 is 127 Å². The Balaban J connectivity index is 2.17. The van der Waals surface area contributed by atoms with Crippen LogP contribution in [0.5, 0.6) is 11.5 Å². The Kier molecular flexibility index (Phi) is 11.9. The maximum Gasteiger partial charge on any atom is 0.147 e. The minimum absolute atomic E-state index is 0.131. The van der Waals surface area contributed by atoms with Crippen LogP contribution >= 0.6 is 127 Å². The molecule has 0 radical (unpaired) electrons. The molecule has 10 heteroatoms. The molecule has 0 aromatic heterocycles. The first-order valence-corrected chi connectivity index (χ1v) is 16.1. The summed E-state index contributed by atoms with van der Waals surface area (Å²) in [5.41, 5.74) is 2.32. The fraction of sp³-hybridized carbons (Fsp3) is 0.429. The normalized spacial score (nSPS) is 15.3. The van der Waals surface area contributed by atoms with Gasteiger partial charge in [-0.2, -0.15) is 0 Å². The van der Waals surface area contributed by atoms with E-state index in [0.717, 1.165) is 57.6 Å². The van der Waals surface area contributed by atoms with Gasteiger partial charge in [0.1, 0.15) is 24.7 Å². The molecule has 0 fully saturated rings. The van der Waals surface area contributed by atoms with Crippen molar-refractivity contribution in [2.75, 3.05) is 23.9 Å². The van der Waals surface area contributed by atoms with Crippen LogP contribution in [0, 0.1) is 0 Å². The highest BCUT2D eigenvalue weighted by Crippen LogP contribution is 2.39. The highest BCUT2D eigenvalue weighted by atomic mass is 79.9. The van der Waals surface area contributed by atoms with Gasteiger partial charge in [-0.3, -0.25) is 0 Å². The summed E-state index contributed by atoms with van der Waals surface area (Å²) in [5, 5.41) is 1.59. The molecule has 0 heterocycles. The van der Waals surface area contributed by atoms with Crippen LogP contribution in [-0.2, 0) is 6.42 Å². The van der Waals surface area contributed by atoms with Gasteiger partial charge in [-0.05, 0) is 119 Å². The molecule has 2 atom stereocenters. The van der Waals surface area contributed by atoms with Crippen LogP contribution in [0.1, 0.15) is 25.0 Å². The smallest absolute Gasteiger partial charge is 0.147 e. The Morgan fingerprint density at radius 2 is 0.935 bits per heavy atom. The van der Waals surface area contributed by atoms with Gasteiger partial charge in [-0.25, -0.2) is 0 Å². The minimum atomic E-state index is -0.131. The number of hydrogen-bond acceptors (Lipinski definition) is 2. The van der Waals surface area contributed by atoms with Gasteiger partial charge < -0.3 is 9.47 Å². The number of halogens is 8. The Hall–Kier alpha value is 1.88. The molecule has 0 spiro atoms.